The molecule has 0 saturated heterocycles. The van der Waals surface area contributed by atoms with Crippen LogP contribution in [-0.2, 0) is 0 Å². The van der Waals surface area contributed by atoms with E-state index in [0.717, 1.165) is 0 Å². The number of aliphatic hydroxyl groups excluding tert-OH is 1. The Morgan fingerprint density at radius 3 is 2.00 bits per heavy atom. The summed E-state index contributed by atoms with van der Waals surface area (Å²) in [5.74, 6) is -5.97. The summed E-state index contributed by atoms with van der Waals surface area (Å²) < 4.78 is 50.8. The highest BCUT2D eigenvalue weighted by molar-refractivity contribution is 5.47. The quantitative estimate of drug-likeness (QED) is 0.586. The lowest BCUT2D eigenvalue weighted by Crippen LogP contribution is -2.11. The summed E-state index contributed by atoms with van der Waals surface area (Å²) in [6.07, 6.45) is 0. The second-order valence-corrected chi connectivity index (χ2v) is 2.49. The van der Waals surface area contributed by atoms with E-state index in [1.54, 1.807) is 0 Å². The van der Waals surface area contributed by atoms with Crippen molar-refractivity contribution in [3.8, 4) is 0 Å². The molecule has 1 aromatic rings. The van der Waals surface area contributed by atoms with E-state index in [9.17, 15) is 17.6 Å². The van der Waals surface area contributed by atoms with E-state index in [-0.39, 0.29) is 12.6 Å². The van der Waals surface area contributed by atoms with E-state index in [1.165, 1.54) is 0 Å². The van der Waals surface area contributed by atoms with E-state index in [4.69, 9.17) is 5.11 Å². The molecule has 0 saturated carbocycles. The Kier molecular flexibility index (Phi) is 3.29. The fourth-order valence-corrected chi connectivity index (χ4v) is 0.909. The Bertz CT molecular complexity index is 316. The number of benzene rings is 1. The van der Waals surface area contributed by atoms with Crippen LogP contribution in [-0.4, -0.2) is 18.3 Å². The summed E-state index contributed by atoms with van der Waals surface area (Å²) in [4.78, 5) is 0. The summed E-state index contributed by atoms with van der Waals surface area (Å²) in [6, 6.07) is 0.120. The van der Waals surface area contributed by atoms with Gasteiger partial charge in [-0.3, -0.25) is 0 Å². The largest absolute Gasteiger partial charge is 0.395 e. The Hall–Kier alpha value is -1.30. The van der Waals surface area contributed by atoms with Gasteiger partial charge in [0.25, 0.3) is 0 Å². The summed E-state index contributed by atoms with van der Waals surface area (Å²) in [5.41, 5.74) is -0.906. The molecule has 0 amide bonds. The normalized spacial score (nSPS) is 10.4. The molecule has 1 aromatic carbocycles. The van der Waals surface area contributed by atoms with E-state index in [2.05, 4.69) is 0 Å². The van der Waals surface area contributed by atoms with Crippen molar-refractivity contribution in [3.05, 3.63) is 29.3 Å². The highest BCUT2D eigenvalue weighted by Crippen LogP contribution is 2.23. The van der Waals surface area contributed by atoms with E-state index in [1.807, 2.05) is 5.32 Å². The highest BCUT2D eigenvalue weighted by atomic mass is 19.2. The van der Waals surface area contributed by atoms with Crippen LogP contribution < -0.4 is 5.32 Å². The van der Waals surface area contributed by atoms with Crippen molar-refractivity contribution in [2.75, 3.05) is 18.5 Å². The summed E-state index contributed by atoms with van der Waals surface area (Å²) in [7, 11) is 0. The van der Waals surface area contributed by atoms with Gasteiger partial charge in [-0.1, -0.05) is 0 Å². The number of hydrogen-bond donors (Lipinski definition) is 2. The number of halogens is 4. The lowest BCUT2D eigenvalue weighted by Gasteiger charge is -2.08. The van der Waals surface area contributed by atoms with Gasteiger partial charge in [-0.2, -0.15) is 0 Å². The van der Waals surface area contributed by atoms with E-state index in [0.29, 0.717) is 0 Å². The molecule has 0 unspecified atom stereocenters. The third kappa shape index (κ3) is 1.95. The SMILES string of the molecule is OCCNc1c(F)c(F)cc(F)c1F. The maximum Gasteiger partial charge on any atom is 0.185 e. The van der Waals surface area contributed by atoms with Crippen molar-refractivity contribution in [1.29, 1.82) is 0 Å². The van der Waals surface area contributed by atoms with Gasteiger partial charge in [-0.15, -0.1) is 0 Å². The fraction of sp³-hybridized carbons (Fsp3) is 0.250. The minimum atomic E-state index is -1.50. The summed E-state index contributed by atoms with van der Waals surface area (Å²) in [5, 5.41) is 10.4. The van der Waals surface area contributed by atoms with Crippen molar-refractivity contribution >= 4 is 5.69 Å². The van der Waals surface area contributed by atoms with Crippen LogP contribution in [0.3, 0.4) is 0 Å². The van der Waals surface area contributed by atoms with Crippen LogP contribution in [0.4, 0.5) is 23.2 Å². The molecule has 0 aliphatic rings. The van der Waals surface area contributed by atoms with Gasteiger partial charge < -0.3 is 10.4 Å². The lowest BCUT2D eigenvalue weighted by molar-refractivity contribution is 0.310. The molecule has 0 radical (unpaired) electrons. The molecule has 0 fully saturated rings. The van der Waals surface area contributed by atoms with Crippen molar-refractivity contribution < 1.29 is 22.7 Å². The Balaban J connectivity index is 3.11. The van der Waals surface area contributed by atoms with E-state index < -0.39 is 35.6 Å². The topological polar surface area (TPSA) is 32.3 Å². The van der Waals surface area contributed by atoms with Gasteiger partial charge in [-0.25, -0.2) is 17.6 Å². The number of hydrogen-bond acceptors (Lipinski definition) is 2. The van der Waals surface area contributed by atoms with Crippen molar-refractivity contribution in [2.24, 2.45) is 0 Å². The van der Waals surface area contributed by atoms with Crippen LogP contribution >= 0.6 is 0 Å². The van der Waals surface area contributed by atoms with Crippen LogP contribution in [0.5, 0.6) is 0 Å². The van der Waals surface area contributed by atoms with E-state index >= 15 is 0 Å². The molecule has 14 heavy (non-hydrogen) atoms. The number of anilines is 1. The van der Waals surface area contributed by atoms with Gasteiger partial charge in [0.1, 0.15) is 5.69 Å². The van der Waals surface area contributed by atoms with Crippen molar-refractivity contribution in [2.45, 2.75) is 0 Å². The van der Waals surface area contributed by atoms with Gasteiger partial charge in [0.15, 0.2) is 23.3 Å². The molecule has 0 bridgehead atoms. The molecule has 2 N–H and O–H groups in total. The Morgan fingerprint density at radius 2 is 1.57 bits per heavy atom. The average molecular weight is 209 g/mol. The van der Waals surface area contributed by atoms with Crippen LogP contribution in [0, 0.1) is 23.3 Å². The number of aliphatic hydroxyl groups is 1. The minimum absolute atomic E-state index is 0.120. The first-order valence-electron chi connectivity index (χ1n) is 3.75. The Labute approximate surface area is 77.2 Å². The first-order valence-corrected chi connectivity index (χ1v) is 3.75. The first-order chi connectivity index (χ1) is 6.57. The van der Waals surface area contributed by atoms with Gasteiger partial charge >= 0.3 is 0 Å². The molecule has 0 spiro atoms. The second kappa shape index (κ2) is 4.28. The van der Waals surface area contributed by atoms with Gasteiger partial charge in [0.05, 0.1) is 6.61 Å². The minimum Gasteiger partial charge on any atom is -0.395 e. The fourth-order valence-electron chi connectivity index (χ4n) is 0.909. The maximum atomic E-state index is 12.8. The zero-order chi connectivity index (χ0) is 10.7. The molecule has 0 aliphatic heterocycles. The van der Waals surface area contributed by atoms with Crippen LogP contribution in [0.1, 0.15) is 0 Å². The monoisotopic (exact) mass is 209 g/mol. The van der Waals surface area contributed by atoms with Crippen LogP contribution in [0.25, 0.3) is 0 Å². The highest BCUT2D eigenvalue weighted by Gasteiger charge is 2.18. The average Bonchev–Trinajstić information content (AvgIpc) is 2.15. The summed E-state index contributed by atoms with van der Waals surface area (Å²) >= 11 is 0. The third-order valence-corrected chi connectivity index (χ3v) is 1.53. The molecule has 78 valence electrons. The van der Waals surface area contributed by atoms with Gasteiger partial charge in [-0.05, 0) is 0 Å². The van der Waals surface area contributed by atoms with Crippen LogP contribution in [0.2, 0.25) is 0 Å². The zero-order valence-electron chi connectivity index (χ0n) is 6.95. The zero-order valence-corrected chi connectivity index (χ0v) is 6.95. The predicted molar refractivity (Wildman–Crippen MR) is 41.8 cm³/mol. The van der Waals surface area contributed by atoms with Crippen molar-refractivity contribution in [3.63, 3.8) is 0 Å². The summed E-state index contributed by atoms with van der Waals surface area (Å²) in [6.45, 7) is -0.603. The molecule has 2 nitrogen and oxygen atoms in total. The molecule has 6 heteroatoms. The molecule has 0 aromatic heterocycles. The Morgan fingerprint density at radius 1 is 1.07 bits per heavy atom. The molecule has 1 rings (SSSR count). The van der Waals surface area contributed by atoms with Crippen LogP contribution in [0.15, 0.2) is 6.07 Å². The molecular formula is C8H7F4NO. The smallest absolute Gasteiger partial charge is 0.185 e. The molecule has 0 aliphatic carbocycles. The first kappa shape index (κ1) is 10.8. The predicted octanol–water partition coefficient (Wildman–Crippen LogP) is 1.65. The molecule has 0 atom stereocenters. The maximum absolute atomic E-state index is 12.8. The second-order valence-electron chi connectivity index (χ2n) is 2.49. The van der Waals surface area contributed by atoms with Gasteiger partial charge in [0, 0.05) is 12.6 Å². The molecular weight excluding hydrogens is 202 g/mol. The molecule has 0 heterocycles. The number of nitrogens with one attached hydrogen (secondary N) is 1. The van der Waals surface area contributed by atoms with Gasteiger partial charge in [0.2, 0.25) is 0 Å². The number of rotatable bonds is 3. The standard InChI is InChI=1S/C8H7F4NO/c9-4-3-5(10)7(12)8(6(4)11)13-1-2-14/h3,13-14H,1-2H2. The third-order valence-electron chi connectivity index (χ3n) is 1.53. The van der Waals surface area contributed by atoms with Crippen molar-refractivity contribution in [1.82, 2.24) is 0 Å². The lowest BCUT2D eigenvalue weighted by atomic mass is 10.2.